The Morgan fingerprint density at radius 2 is 1.84 bits per heavy atom. The van der Waals surface area contributed by atoms with Crippen molar-refractivity contribution in [1.82, 2.24) is 14.8 Å². The molecular weight excluding hydrogens is 390 g/mol. The SMILES string of the molecule is Nc1nn(CCO)c2nccc(-c3ccc(NC(=O)C4(c5ccccc5)CC4)cc3)c12. The highest BCUT2D eigenvalue weighted by Crippen LogP contribution is 2.49. The Bertz CT molecular complexity index is 1240. The molecule has 1 amide bonds. The molecule has 5 rings (SSSR count). The molecule has 0 unspecified atom stereocenters. The van der Waals surface area contributed by atoms with Crippen molar-refractivity contribution >= 4 is 28.4 Å². The topological polar surface area (TPSA) is 106 Å². The number of amides is 1. The average molecular weight is 413 g/mol. The minimum atomic E-state index is -0.410. The van der Waals surface area contributed by atoms with Crippen LogP contribution in [0.1, 0.15) is 18.4 Å². The maximum Gasteiger partial charge on any atom is 0.235 e. The van der Waals surface area contributed by atoms with Gasteiger partial charge in [-0.2, -0.15) is 5.10 Å². The van der Waals surface area contributed by atoms with Crippen molar-refractivity contribution in [2.45, 2.75) is 24.8 Å². The molecule has 0 radical (unpaired) electrons. The summed E-state index contributed by atoms with van der Waals surface area (Å²) in [6.45, 7) is 0.291. The van der Waals surface area contributed by atoms with E-state index < -0.39 is 5.41 Å². The summed E-state index contributed by atoms with van der Waals surface area (Å²) in [7, 11) is 0. The Hall–Kier alpha value is -3.71. The molecule has 1 fully saturated rings. The van der Waals surface area contributed by atoms with E-state index in [4.69, 9.17) is 5.73 Å². The van der Waals surface area contributed by atoms with Crippen LogP contribution in [0.25, 0.3) is 22.2 Å². The predicted octanol–water partition coefficient (Wildman–Crippen LogP) is 3.34. The van der Waals surface area contributed by atoms with Crippen molar-refractivity contribution in [3.8, 4) is 11.1 Å². The number of rotatable bonds is 6. The highest BCUT2D eigenvalue weighted by Gasteiger charge is 2.51. The molecule has 7 nitrogen and oxygen atoms in total. The van der Waals surface area contributed by atoms with Gasteiger partial charge in [-0.25, -0.2) is 9.67 Å². The smallest absolute Gasteiger partial charge is 0.235 e. The molecule has 1 aliphatic carbocycles. The van der Waals surface area contributed by atoms with Gasteiger partial charge in [-0.1, -0.05) is 42.5 Å². The molecular formula is C24H23N5O2. The zero-order valence-electron chi connectivity index (χ0n) is 17.0. The fraction of sp³-hybridized carbons (Fsp3) is 0.208. The Labute approximate surface area is 179 Å². The maximum atomic E-state index is 13.0. The number of carbonyl (C=O) groups is 1. The maximum absolute atomic E-state index is 13.0. The van der Waals surface area contributed by atoms with Crippen molar-refractivity contribution in [3.63, 3.8) is 0 Å². The summed E-state index contributed by atoms with van der Waals surface area (Å²) in [5, 5.41) is 17.4. The first kappa shape index (κ1) is 19.3. The summed E-state index contributed by atoms with van der Waals surface area (Å²) in [4.78, 5) is 17.3. The van der Waals surface area contributed by atoms with Gasteiger partial charge in [-0.15, -0.1) is 0 Å². The normalized spacial score (nSPS) is 14.5. The van der Waals surface area contributed by atoms with Gasteiger partial charge in [0.25, 0.3) is 0 Å². The van der Waals surface area contributed by atoms with E-state index in [1.165, 1.54) is 0 Å². The fourth-order valence-corrected chi connectivity index (χ4v) is 4.13. The van der Waals surface area contributed by atoms with E-state index in [1.807, 2.05) is 60.7 Å². The Morgan fingerprint density at radius 3 is 2.52 bits per heavy atom. The first-order chi connectivity index (χ1) is 15.1. The zero-order chi connectivity index (χ0) is 21.4. The second-order valence-electron chi connectivity index (χ2n) is 7.87. The lowest BCUT2D eigenvalue weighted by atomic mass is 9.95. The quantitative estimate of drug-likeness (QED) is 0.450. The summed E-state index contributed by atoms with van der Waals surface area (Å²) in [6.07, 6.45) is 3.44. The Balaban J connectivity index is 1.41. The van der Waals surface area contributed by atoms with Gasteiger partial charge in [0, 0.05) is 11.9 Å². The number of aliphatic hydroxyl groups excluding tert-OH is 1. The number of anilines is 2. The number of hydrogen-bond acceptors (Lipinski definition) is 5. The molecule has 1 aliphatic rings. The number of aliphatic hydroxyl groups is 1. The molecule has 0 saturated heterocycles. The number of pyridine rings is 1. The highest BCUT2D eigenvalue weighted by atomic mass is 16.3. The number of fused-ring (bicyclic) bond motifs is 1. The molecule has 156 valence electrons. The van der Waals surface area contributed by atoms with Crippen LogP contribution in [-0.2, 0) is 16.8 Å². The zero-order valence-corrected chi connectivity index (χ0v) is 17.0. The van der Waals surface area contributed by atoms with Crippen LogP contribution in [0.5, 0.6) is 0 Å². The lowest BCUT2D eigenvalue weighted by molar-refractivity contribution is -0.118. The van der Waals surface area contributed by atoms with Crippen LogP contribution < -0.4 is 11.1 Å². The van der Waals surface area contributed by atoms with E-state index in [1.54, 1.807) is 10.9 Å². The van der Waals surface area contributed by atoms with Gasteiger partial charge in [0.1, 0.15) is 0 Å². The Morgan fingerprint density at radius 1 is 1.10 bits per heavy atom. The van der Waals surface area contributed by atoms with Crippen molar-refractivity contribution in [1.29, 1.82) is 0 Å². The van der Waals surface area contributed by atoms with E-state index in [0.717, 1.165) is 40.6 Å². The lowest BCUT2D eigenvalue weighted by Crippen LogP contribution is -2.27. The fourth-order valence-electron chi connectivity index (χ4n) is 4.13. The molecule has 4 aromatic rings. The molecule has 4 N–H and O–H groups in total. The van der Waals surface area contributed by atoms with Gasteiger partial charge < -0.3 is 16.2 Å². The van der Waals surface area contributed by atoms with Gasteiger partial charge in [0.2, 0.25) is 5.91 Å². The van der Waals surface area contributed by atoms with E-state index >= 15 is 0 Å². The summed E-state index contributed by atoms with van der Waals surface area (Å²) in [5.74, 6) is 0.412. The second kappa shape index (κ2) is 7.52. The summed E-state index contributed by atoms with van der Waals surface area (Å²) >= 11 is 0. The number of hydrogen-bond donors (Lipinski definition) is 3. The highest BCUT2D eigenvalue weighted by molar-refractivity contribution is 6.02. The third kappa shape index (κ3) is 3.33. The minimum Gasteiger partial charge on any atom is -0.394 e. The summed E-state index contributed by atoms with van der Waals surface area (Å²) in [6, 6.07) is 19.5. The van der Waals surface area contributed by atoms with Crippen molar-refractivity contribution in [2.75, 3.05) is 17.7 Å². The van der Waals surface area contributed by atoms with Crippen molar-refractivity contribution < 1.29 is 9.90 Å². The molecule has 2 aromatic heterocycles. The number of nitrogens with one attached hydrogen (secondary N) is 1. The summed E-state index contributed by atoms with van der Waals surface area (Å²) in [5.41, 5.74) is 10.1. The third-order valence-electron chi connectivity index (χ3n) is 5.94. The molecule has 2 heterocycles. The largest absolute Gasteiger partial charge is 0.394 e. The van der Waals surface area contributed by atoms with Crippen LogP contribution in [-0.4, -0.2) is 32.4 Å². The molecule has 2 aromatic carbocycles. The van der Waals surface area contributed by atoms with Gasteiger partial charge >= 0.3 is 0 Å². The van der Waals surface area contributed by atoms with E-state index in [9.17, 15) is 9.90 Å². The molecule has 0 aliphatic heterocycles. The van der Waals surface area contributed by atoms with E-state index in [2.05, 4.69) is 15.4 Å². The van der Waals surface area contributed by atoms with Crippen LogP contribution in [0.15, 0.2) is 66.9 Å². The second-order valence-corrected chi connectivity index (χ2v) is 7.87. The third-order valence-corrected chi connectivity index (χ3v) is 5.94. The van der Waals surface area contributed by atoms with Crippen LogP contribution in [0, 0.1) is 0 Å². The van der Waals surface area contributed by atoms with Crippen LogP contribution in [0.4, 0.5) is 11.5 Å². The molecule has 0 atom stereocenters. The number of carbonyl (C=O) groups excluding carboxylic acids is 1. The van der Waals surface area contributed by atoms with Gasteiger partial charge in [0.15, 0.2) is 11.5 Å². The Kier molecular flexibility index (Phi) is 4.67. The molecule has 7 heteroatoms. The monoisotopic (exact) mass is 413 g/mol. The average Bonchev–Trinajstić information content (AvgIpc) is 3.56. The van der Waals surface area contributed by atoms with Crippen LogP contribution >= 0.6 is 0 Å². The van der Waals surface area contributed by atoms with E-state index in [-0.39, 0.29) is 12.5 Å². The molecule has 0 bridgehead atoms. The number of nitrogens with two attached hydrogens (primary N) is 1. The van der Waals surface area contributed by atoms with Gasteiger partial charge in [-0.05, 0) is 47.7 Å². The van der Waals surface area contributed by atoms with Gasteiger partial charge in [-0.3, -0.25) is 4.79 Å². The predicted molar refractivity (Wildman–Crippen MR) is 120 cm³/mol. The lowest BCUT2D eigenvalue weighted by Gasteiger charge is -2.16. The number of nitrogens with zero attached hydrogens (tertiary/aromatic N) is 3. The van der Waals surface area contributed by atoms with Crippen LogP contribution in [0.3, 0.4) is 0 Å². The molecule has 1 saturated carbocycles. The van der Waals surface area contributed by atoms with Crippen molar-refractivity contribution in [2.24, 2.45) is 0 Å². The first-order valence-electron chi connectivity index (χ1n) is 10.3. The van der Waals surface area contributed by atoms with Crippen LogP contribution in [0.2, 0.25) is 0 Å². The molecule has 31 heavy (non-hydrogen) atoms. The summed E-state index contributed by atoms with van der Waals surface area (Å²) < 4.78 is 1.61. The molecule has 0 spiro atoms. The van der Waals surface area contributed by atoms with Gasteiger partial charge in [0.05, 0.1) is 24.0 Å². The number of benzene rings is 2. The minimum absolute atomic E-state index is 0.0345. The number of nitrogen functional groups attached to an aromatic ring is 1. The first-order valence-corrected chi connectivity index (χ1v) is 10.3. The standard InChI is InChI=1S/C24H23N5O2/c25-21-20-19(10-13-26-22(20)29(28-21)14-15-30)16-6-8-18(9-7-16)27-23(31)24(11-12-24)17-4-2-1-3-5-17/h1-10,13,30H,11-12,14-15H2,(H2,25,28)(H,27,31). The van der Waals surface area contributed by atoms with Crippen molar-refractivity contribution in [3.05, 3.63) is 72.4 Å². The van der Waals surface area contributed by atoms with E-state index in [0.29, 0.717) is 18.0 Å². The number of aromatic nitrogens is 3.